The molecule has 0 aromatic carbocycles. The van der Waals surface area contributed by atoms with Crippen molar-refractivity contribution < 1.29 is 14.7 Å². The van der Waals surface area contributed by atoms with Crippen molar-refractivity contribution in [3.05, 3.63) is 0 Å². The summed E-state index contributed by atoms with van der Waals surface area (Å²) in [5.74, 6) is -0.344. The Balaban J connectivity index is 4.56. The zero-order chi connectivity index (χ0) is 13.5. The topological polar surface area (TPSA) is 96.9 Å². The quantitative estimate of drug-likeness (QED) is 0.266. The molecule has 17 heavy (non-hydrogen) atoms. The number of nitrogens with one attached hydrogen (secondary N) is 1. The lowest BCUT2D eigenvalue weighted by atomic mass is 9.85. The molecule has 0 rings (SSSR count). The highest BCUT2D eigenvalue weighted by Crippen LogP contribution is 2.21. The maximum Gasteiger partial charge on any atom is 0.233 e. The van der Waals surface area contributed by atoms with Gasteiger partial charge < -0.3 is 21.0 Å². The van der Waals surface area contributed by atoms with Crippen molar-refractivity contribution in [2.24, 2.45) is 16.3 Å². The van der Waals surface area contributed by atoms with Crippen molar-refractivity contribution in [1.82, 2.24) is 5.32 Å². The van der Waals surface area contributed by atoms with Gasteiger partial charge in [-0.05, 0) is 27.2 Å². The number of oxime groups is 1. The standard InChI is InChI=1S/C11H23N3O3/c1-5-11(4,9(12)14-16)10(15)13-8(3)7-17-6-2/h8,16H,5-7H2,1-4H3,(H2,12,14)(H,13,15). The van der Waals surface area contributed by atoms with Crippen LogP contribution in [0.15, 0.2) is 5.16 Å². The fourth-order valence-corrected chi connectivity index (χ4v) is 1.29. The lowest BCUT2D eigenvalue weighted by molar-refractivity contribution is -0.128. The van der Waals surface area contributed by atoms with Crippen molar-refractivity contribution in [3.63, 3.8) is 0 Å². The third-order valence-electron chi connectivity index (χ3n) is 2.83. The van der Waals surface area contributed by atoms with Gasteiger partial charge in [-0.15, -0.1) is 0 Å². The van der Waals surface area contributed by atoms with Crippen LogP contribution >= 0.6 is 0 Å². The molecule has 0 heterocycles. The van der Waals surface area contributed by atoms with E-state index in [1.54, 1.807) is 6.92 Å². The summed E-state index contributed by atoms with van der Waals surface area (Å²) in [5, 5.41) is 14.4. The average Bonchev–Trinajstić information content (AvgIpc) is 2.33. The predicted octanol–water partition coefficient (Wildman–Crippen LogP) is 0.690. The number of amides is 1. The van der Waals surface area contributed by atoms with E-state index >= 15 is 0 Å². The highest BCUT2D eigenvalue weighted by atomic mass is 16.5. The van der Waals surface area contributed by atoms with Gasteiger partial charge in [-0.1, -0.05) is 12.1 Å². The van der Waals surface area contributed by atoms with Gasteiger partial charge in [0, 0.05) is 12.6 Å². The van der Waals surface area contributed by atoms with E-state index in [0.717, 1.165) is 0 Å². The van der Waals surface area contributed by atoms with E-state index in [0.29, 0.717) is 19.6 Å². The molecule has 6 heteroatoms. The number of hydrogen-bond donors (Lipinski definition) is 3. The van der Waals surface area contributed by atoms with Gasteiger partial charge in [0.1, 0.15) is 5.41 Å². The number of carbonyl (C=O) groups is 1. The second-order valence-electron chi connectivity index (χ2n) is 4.20. The molecule has 6 nitrogen and oxygen atoms in total. The second-order valence-corrected chi connectivity index (χ2v) is 4.20. The van der Waals surface area contributed by atoms with Crippen LogP contribution < -0.4 is 11.1 Å². The summed E-state index contributed by atoms with van der Waals surface area (Å²) >= 11 is 0. The molecule has 0 fully saturated rings. The van der Waals surface area contributed by atoms with Crippen LogP contribution in [0.2, 0.25) is 0 Å². The SMILES string of the molecule is CCOCC(C)NC(=O)C(C)(CC)C(N)=NO. The van der Waals surface area contributed by atoms with Crippen LogP contribution in [0.5, 0.6) is 0 Å². The van der Waals surface area contributed by atoms with E-state index in [4.69, 9.17) is 15.7 Å². The lowest BCUT2D eigenvalue weighted by Crippen LogP contribution is -2.50. The molecule has 0 bridgehead atoms. The van der Waals surface area contributed by atoms with Crippen molar-refractivity contribution >= 4 is 11.7 Å². The number of carbonyl (C=O) groups excluding carboxylic acids is 1. The van der Waals surface area contributed by atoms with Crippen LogP contribution in [0.3, 0.4) is 0 Å². The van der Waals surface area contributed by atoms with Gasteiger partial charge in [-0.25, -0.2) is 0 Å². The van der Waals surface area contributed by atoms with E-state index in [9.17, 15) is 4.79 Å². The zero-order valence-electron chi connectivity index (χ0n) is 11.0. The van der Waals surface area contributed by atoms with Crippen LogP contribution in [0.4, 0.5) is 0 Å². The predicted molar refractivity (Wildman–Crippen MR) is 65.9 cm³/mol. The number of ether oxygens (including phenoxy) is 1. The van der Waals surface area contributed by atoms with E-state index in [-0.39, 0.29) is 17.8 Å². The molecule has 1 amide bonds. The third-order valence-corrected chi connectivity index (χ3v) is 2.83. The molecule has 0 aromatic heterocycles. The van der Waals surface area contributed by atoms with Gasteiger partial charge >= 0.3 is 0 Å². The Morgan fingerprint density at radius 2 is 2.18 bits per heavy atom. The minimum Gasteiger partial charge on any atom is -0.409 e. The Morgan fingerprint density at radius 1 is 1.59 bits per heavy atom. The van der Waals surface area contributed by atoms with Crippen LogP contribution in [-0.4, -0.2) is 36.2 Å². The molecule has 0 radical (unpaired) electrons. The van der Waals surface area contributed by atoms with E-state index in [1.165, 1.54) is 0 Å². The summed E-state index contributed by atoms with van der Waals surface area (Å²) in [5.41, 5.74) is 4.56. The lowest BCUT2D eigenvalue weighted by Gasteiger charge is -2.27. The van der Waals surface area contributed by atoms with E-state index < -0.39 is 5.41 Å². The van der Waals surface area contributed by atoms with Crippen LogP contribution in [0, 0.1) is 5.41 Å². The minimum absolute atomic E-state index is 0.0823. The molecule has 4 N–H and O–H groups in total. The van der Waals surface area contributed by atoms with Crippen molar-refractivity contribution in [1.29, 1.82) is 0 Å². The first-order valence-corrected chi connectivity index (χ1v) is 5.79. The fraction of sp³-hybridized carbons (Fsp3) is 0.818. The number of amidine groups is 1. The first-order valence-electron chi connectivity index (χ1n) is 5.79. The van der Waals surface area contributed by atoms with Gasteiger partial charge in [-0.2, -0.15) is 0 Å². The van der Waals surface area contributed by atoms with Gasteiger partial charge in [0.2, 0.25) is 5.91 Å². The fourth-order valence-electron chi connectivity index (χ4n) is 1.29. The summed E-state index contributed by atoms with van der Waals surface area (Å²) in [6.45, 7) is 8.23. The van der Waals surface area contributed by atoms with E-state index in [2.05, 4.69) is 10.5 Å². The van der Waals surface area contributed by atoms with Crippen LogP contribution in [0.1, 0.15) is 34.1 Å². The third kappa shape index (κ3) is 4.22. The molecule has 0 aliphatic carbocycles. The summed E-state index contributed by atoms with van der Waals surface area (Å²) in [6, 6.07) is -0.111. The number of hydrogen-bond acceptors (Lipinski definition) is 4. The van der Waals surface area contributed by atoms with Gasteiger partial charge in [0.25, 0.3) is 0 Å². The summed E-state index contributed by atoms with van der Waals surface area (Å²) < 4.78 is 5.20. The van der Waals surface area contributed by atoms with Crippen molar-refractivity contribution in [2.45, 2.75) is 40.2 Å². The van der Waals surface area contributed by atoms with Gasteiger partial charge in [0.05, 0.1) is 6.61 Å². The normalized spacial score (nSPS) is 17.3. The molecule has 0 aliphatic rings. The van der Waals surface area contributed by atoms with E-state index in [1.807, 2.05) is 20.8 Å². The van der Waals surface area contributed by atoms with Crippen LogP contribution in [0.25, 0.3) is 0 Å². The Morgan fingerprint density at radius 3 is 2.59 bits per heavy atom. The monoisotopic (exact) mass is 245 g/mol. The Hall–Kier alpha value is -1.30. The molecule has 0 aromatic rings. The first-order chi connectivity index (χ1) is 7.92. The molecule has 2 atom stereocenters. The largest absolute Gasteiger partial charge is 0.409 e. The van der Waals surface area contributed by atoms with Crippen molar-refractivity contribution in [3.8, 4) is 0 Å². The smallest absolute Gasteiger partial charge is 0.233 e. The minimum atomic E-state index is -0.991. The second kappa shape index (κ2) is 7.11. The zero-order valence-corrected chi connectivity index (χ0v) is 11.0. The summed E-state index contributed by atoms with van der Waals surface area (Å²) in [7, 11) is 0. The molecule has 0 saturated heterocycles. The average molecular weight is 245 g/mol. The molecule has 100 valence electrons. The molecule has 0 spiro atoms. The number of rotatable bonds is 7. The Kier molecular flexibility index (Phi) is 6.57. The number of nitrogens with zero attached hydrogens (tertiary/aromatic N) is 1. The van der Waals surface area contributed by atoms with Gasteiger partial charge in [0.15, 0.2) is 5.84 Å². The highest BCUT2D eigenvalue weighted by Gasteiger charge is 2.36. The first kappa shape index (κ1) is 15.7. The van der Waals surface area contributed by atoms with Crippen molar-refractivity contribution in [2.75, 3.05) is 13.2 Å². The van der Waals surface area contributed by atoms with Crippen LogP contribution in [-0.2, 0) is 9.53 Å². The maximum atomic E-state index is 12.0. The maximum absolute atomic E-state index is 12.0. The highest BCUT2D eigenvalue weighted by molar-refractivity contribution is 6.06. The summed E-state index contributed by atoms with van der Waals surface area (Å²) in [6.07, 6.45) is 0.454. The Labute approximate surface area is 102 Å². The molecule has 2 unspecified atom stereocenters. The molecule has 0 aliphatic heterocycles. The Bertz CT molecular complexity index is 281. The number of nitrogens with two attached hydrogens (primary N) is 1. The molecule has 0 saturated carbocycles. The molecular weight excluding hydrogens is 222 g/mol. The molecular formula is C11H23N3O3. The summed E-state index contributed by atoms with van der Waals surface area (Å²) in [4.78, 5) is 12.0. The van der Waals surface area contributed by atoms with Gasteiger partial charge in [-0.3, -0.25) is 4.79 Å².